The Morgan fingerprint density at radius 1 is 1.56 bits per heavy atom. The molecule has 6 nitrogen and oxygen atoms in total. The van der Waals surface area contributed by atoms with Gasteiger partial charge in [0.2, 0.25) is 0 Å². The molecule has 18 heavy (non-hydrogen) atoms. The lowest BCUT2D eigenvalue weighted by molar-refractivity contribution is 0.0910. The highest BCUT2D eigenvalue weighted by Crippen LogP contribution is 2.23. The second-order valence-corrected chi connectivity index (χ2v) is 7.02. The van der Waals surface area contributed by atoms with Gasteiger partial charge in [-0.15, -0.1) is 0 Å². The van der Waals surface area contributed by atoms with Crippen LogP contribution in [0.5, 0.6) is 0 Å². The van der Waals surface area contributed by atoms with Crippen LogP contribution < -0.4 is 11.1 Å². The molecule has 7 heteroatoms. The van der Waals surface area contributed by atoms with Gasteiger partial charge in [0, 0.05) is 11.9 Å². The summed E-state index contributed by atoms with van der Waals surface area (Å²) in [6.07, 6.45) is 1.86. The molecule has 1 amide bonds. The smallest absolute Gasteiger partial charge is 0.270 e. The average Bonchev–Trinajstić information content (AvgIpc) is 2.52. The van der Waals surface area contributed by atoms with Crippen molar-refractivity contribution in [2.75, 3.05) is 17.2 Å². The molecule has 1 saturated heterocycles. The van der Waals surface area contributed by atoms with Crippen LogP contribution in [-0.4, -0.2) is 36.4 Å². The van der Waals surface area contributed by atoms with Gasteiger partial charge >= 0.3 is 0 Å². The van der Waals surface area contributed by atoms with Crippen LogP contribution in [-0.2, 0) is 9.84 Å². The number of nitrogens with one attached hydrogen (secondary N) is 1. The Balaban J connectivity index is 2.13. The van der Waals surface area contributed by atoms with Gasteiger partial charge in [0.15, 0.2) is 9.84 Å². The number of nitrogens with zero attached hydrogens (tertiary/aromatic N) is 1. The van der Waals surface area contributed by atoms with Gasteiger partial charge in [-0.3, -0.25) is 9.78 Å². The summed E-state index contributed by atoms with van der Waals surface area (Å²) in [5.41, 5.74) is 5.48. The monoisotopic (exact) mass is 269 g/mol. The lowest BCUT2D eigenvalue weighted by Gasteiger charge is -2.23. The van der Waals surface area contributed by atoms with E-state index in [-0.39, 0.29) is 17.2 Å². The highest BCUT2D eigenvalue weighted by molar-refractivity contribution is 7.91. The fourth-order valence-corrected chi connectivity index (χ4v) is 4.11. The molecule has 1 aromatic rings. The first-order valence-corrected chi connectivity index (χ1v) is 7.36. The molecule has 1 aliphatic heterocycles. The quantitative estimate of drug-likeness (QED) is 0.785. The van der Waals surface area contributed by atoms with Crippen LogP contribution >= 0.6 is 0 Å². The molecule has 2 heterocycles. The molecule has 2 rings (SSSR count). The number of hydrogen-bond acceptors (Lipinski definition) is 5. The van der Waals surface area contributed by atoms with E-state index in [0.29, 0.717) is 12.1 Å². The van der Waals surface area contributed by atoms with E-state index in [1.54, 1.807) is 13.0 Å². The standard InChI is InChI=1S/C11H15N3O3S/c1-11(3-5-18(16,17)7-11)14-10(15)9-6-8(12)2-4-13-9/h2,4,6H,3,5,7H2,1H3,(H2,12,13)(H,14,15). The van der Waals surface area contributed by atoms with Crippen molar-refractivity contribution in [3.05, 3.63) is 24.0 Å². The second kappa shape index (κ2) is 4.24. The zero-order chi connectivity index (χ0) is 13.4. The molecule has 3 N–H and O–H groups in total. The summed E-state index contributed by atoms with van der Waals surface area (Å²) in [4.78, 5) is 15.9. The predicted octanol–water partition coefficient (Wildman–Crippen LogP) is -0.0292. The van der Waals surface area contributed by atoms with Crippen molar-refractivity contribution in [2.24, 2.45) is 0 Å². The Kier molecular flexibility index (Phi) is 3.02. The van der Waals surface area contributed by atoms with Crippen LogP contribution in [0.15, 0.2) is 18.3 Å². The van der Waals surface area contributed by atoms with E-state index >= 15 is 0 Å². The van der Waals surface area contributed by atoms with Crippen molar-refractivity contribution >= 4 is 21.4 Å². The van der Waals surface area contributed by atoms with Crippen molar-refractivity contribution < 1.29 is 13.2 Å². The maximum Gasteiger partial charge on any atom is 0.270 e. The molecular formula is C11H15N3O3S. The van der Waals surface area contributed by atoms with E-state index in [1.165, 1.54) is 12.3 Å². The van der Waals surface area contributed by atoms with Gasteiger partial charge in [-0.25, -0.2) is 8.42 Å². The number of hydrogen-bond donors (Lipinski definition) is 2. The Hall–Kier alpha value is -1.63. The molecule has 0 radical (unpaired) electrons. The molecule has 1 aromatic heterocycles. The Morgan fingerprint density at radius 2 is 2.28 bits per heavy atom. The number of nitrogens with two attached hydrogens (primary N) is 1. The number of carbonyl (C=O) groups is 1. The summed E-state index contributed by atoms with van der Waals surface area (Å²) in [7, 11) is -3.05. The zero-order valence-corrected chi connectivity index (χ0v) is 10.8. The minimum Gasteiger partial charge on any atom is -0.399 e. The summed E-state index contributed by atoms with van der Waals surface area (Å²) >= 11 is 0. The third-order valence-electron chi connectivity index (χ3n) is 2.94. The fourth-order valence-electron chi connectivity index (χ4n) is 2.02. The number of rotatable bonds is 2. The molecule has 0 saturated carbocycles. The van der Waals surface area contributed by atoms with Crippen molar-refractivity contribution in [3.8, 4) is 0 Å². The third kappa shape index (κ3) is 2.79. The second-order valence-electron chi connectivity index (χ2n) is 4.83. The minimum absolute atomic E-state index is 0.0337. The van der Waals surface area contributed by atoms with Crippen LogP contribution in [0.4, 0.5) is 5.69 Å². The third-order valence-corrected chi connectivity index (χ3v) is 4.84. The summed E-state index contributed by atoms with van der Waals surface area (Å²) in [5.74, 6) is -0.329. The number of sulfone groups is 1. The fraction of sp³-hybridized carbons (Fsp3) is 0.455. The Labute approximate surface area is 106 Å². The van der Waals surface area contributed by atoms with E-state index in [9.17, 15) is 13.2 Å². The number of amides is 1. The molecule has 0 aromatic carbocycles. The minimum atomic E-state index is -3.05. The lowest BCUT2D eigenvalue weighted by atomic mass is 10.0. The zero-order valence-electron chi connectivity index (χ0n) is 10.0. The maximum atomic E-state index is 11.9. The van der Waals surface area contributed by atoms with E-state index in [4.69, 9.17) is 5.73 Å². The number of nitrogen functional groups attached to an aromatic ring is 1. The van der Waals surface area contributed by atoms with E-state index in [2.05, 4.69) is 10.3 Å². The molecular weight excluding hydrogens is 254 g/mol. The number of pyridine rings is 1. The van der Waals surface area contributed by atoms with Gasteiger partial charge in [0.05, 0.1) is 17.0 Å². The van der Waals surface area contributed by atoms with Crippen molar-refractivity contribution in [2.45, 2.75) is 18.9 Å². The molecule has 1 atom stereocenters. The van der Waals surface area contributed by atoms with E-state index < -0.39 is 21.3 Å². The van der Waals surface area contributed by atoms with Gasteiger partial charge in [-0.1, -0.05) is 0 Å². The summed E-state index contributed by atoms with van der Waals surface area (Å²) in [6, 6.07) is 3.04. The molecule has 0 spiro atoms. The van der Waals surface area contributed by atoms with Crippen LogP contribution in [0, 0.1) is 0 Å². The molecule has 0 aliphatic carbocycles. The number of anilines is 1. The lowest BCUT2D eigenvalue weighted by Crippen LogP contribution is -2.47. The summed E-state index contributed by atoms with van der Waals surface area (Å²) < 4.78 is 22.9. The molecule has 1 unspecified atom stereocenters. The van der Waals surface area contributed by atoms with Gasteiger partial charge in [-0.05, 0) is 25.5 Å². The molecule has 1 fully saturated rings. The van der Waals surface area contributed by atoms with Gasteiger partial charge in [-0.2, -0.15) is 0 Å². The van der Waals surface area contributed by atoms with Gasteiger partial charge in [0.1, 0.15) is 5.69 Å². The van der Waals surface area contributed by atoms with Crippen molar-refractivity contribution in [1.82, 2.24) is 10.3 Å². The number of aromatic nitrogens is 1. The highest BCUT2D eigenvalue weighted by atomic mass is 32.2. The van der Waals surface area contributed by atoms with Crippen molar-refractivity contribution in [1.29, 1.82) is 0 Å². The summed E-state index contributed by atoms with van der Waals surface area (Å²) in [5, 5.41) is 2.72. The topological polar surface area (TPSA) is 102 Å². The maximum absolute atomic E-state index is 11.9. The Morgan fingerprint density at radius 3 is 2.83 bits per heavy atom. The first kappa shape index (κ1) is 12.8. The highest BCUT2D eigenvalue weighted by Gasteiger charge is 2.39. The first-order valence-electron chi connectivity index (χ1n) is 5.54. The van der Waals surface area contributed by atoms with Gasteiger partial charge in [0.25, 0.3) is 5.91 Å². The van der Waals surface area contributed by atoms with Crippen LogP contribution in [0.1, 0.15) is 23.8 Å². The molecule has 98 valence electrons. The first-order chi connectivity index (χ1) is 8.30. The summed E-state index contributed by atoms with van der Waals surface area (Å²) in [6.45, 7) is 1.72. The Bertz CT molecular complexity index is 585. The number of carbonyl (C=O) groups excluding carboxylic acids is 1. The van der Waals surface area contributed by atoms with Crippen LogP contribution in [0.2, 0.25) is 0 Å². The van der Waals surface area contributed by atoms with Crippen LogP contribution in [0.25, 0.3) is 0 Å². The van der Waals surface area contributed by atoms with E-state index in [1.807, 2.05) is 0 Å². The normalized spacial score (nSPS) is 25.8. The van der Waals surface area contributed by atoms with E-state index in [0.717, 1.165) is 0 Å². The van der Waals surface area contributed by atoms with Crippen LogP contribution in [0.3, 0.4) is 0 Å². The predicted molar refractivity (Wildman–Crippen MR) is 67.8 cm³/mol. The molecule has 1 aliphatic rings. The van der Waals surface area contributed by atoms with Gasteiger partial charge < -0.3 is 11.1 Å². The molecule has 0 bridgehead atoms. The average molecular weight is 269 g/mol. The largest absolute Gasteiger partial charge is 0.399 e. The van der Waals surface area contributed by atoms with Crippen molar-refractivity contribution in [3.63, 3.8) is 0 Å². The SMILES string of the molecule is CC1(NC(=O)c2cc(N)ccn2)CCS(=O)(=O)C1.